The number of hydrogen-bond acceptors (Lipinski definition) is 3. The number of primary amides is 1. The standard InChI is InChI=1S/C19H19N3O2/c20-19(23)22-8-1-2-14-4-5-16(11-17(14)22)21-12-13-3-6-18-15(10-13)7-9-24-18/h3-7,9-11,21H,1-2,8,12H2,(H2,20,23). The minimum absolute atomic E-state index is 0.390. The van der Waals surface area contributed by atoms with Crippen LogP contribution in [0.4, 0.5) is 16.2 Å². The summed E-state index contributed by atoms with van der Waals surface area (Å²) in [5.74, 6) is 0. The van der Waals surface area contributed by atoms with Gasteiger partial charge in [0.15, 0.2) is 0 Å². The van der Waals surface area contributed by atoms with E-state index in [-0.39, 0.29) is 0 Å². The van der Waals surface area contributed by atoms with Gasteiger partial charge >= 0.3 is 6.03 Å². The smallest absolute Gasteiger partial charge is 0.319 e. The van der Waals surface area contributed by atoms with Gasteiger partial charge in [-0.15, -0.1) is 0 Å². The van der Waals surface area contributed by atoms with Crippen LogP contribution < -0.4 is 16.0 Å². The molecule has 0 saturated carbocycles. The number of carbonyl (C=O) groups excluding carboxylic acids is 1. The number of rotatable bonds is 3. The molecule has 3 aromatic rings. The fourth-order valence-electron chi connectivity index (χ4n) is 3.24. The van der Waals surface area contributed by atoms with Gasteiger partial charge in [0.2, 0.25) is 0 Å². The van der Waals surface area contributed by atoms with E-state index < -0.39 is 6.03 Å². The number of hydrogen-bond donors (Lipinski definition) is 2. The number of aryl methyl sites for hydroxylation is 1. The third-order valence-corrected chi connectivity index (χ3v) is 4.48. The Morgan fingerprint density at radius 3 is 3.00 bits per heavy atom. The zero-order valence-corrected chi connectivity index (χ0v) is 13.3. The summed E-state index contributed by atoms with van der Waals surface area (Å²) < 4.78 is 5.36. The minimum atomic E-state index is -0.390. The minimum Gasteiger partial charge on any atom is -0.464 e. The van der Waals surface area contributed by atoms with Crippen molar-refractivity contribution in [2.45, 2.75) is 19.4 Å². The Hall–Kier alpha value is -2.95. The van der Waals surface area contributed by atoms with Crippen LogP contribution in [-0.2, 0) is 13.0 Å². The molecule has 0 fully saturated rings. The second-order valence-electron chi connectivity index (χ2n) is 6.08. The summed E-state index contributed by atoms with van der Waals surface area (Å²) in [4.78, 5) is 13.3. The number of carbonyl (C=O) groups is 1. The molecule has 0 atom stereocenters. The molecular formula is C19H19N3O2. The van der Waals surface area contributed by atoms with E-state index in [9.17, 15) is 4.79 Å². The number of amides is 2. The van der Waals surface area contributed by atoms with Crippen LogP contribution >= 0.6 is 0 Å². The molecule has 1 aliphatic heterocycles. The van der Waals surface area contributed by atoms with Crippen LogP contribution in [0.2, 0.25) is 0 Å². The van der Waals surface area contributed by atoms with E-state index in [2.05, 4.69) is 23.5 Å². The predicted octanol–water partition coefficient (Wildman–Crippen LogP) is 3.88. The van der Waals surface area contributed by atoms with Gasteiger partial charge in [-0.1, -0.05) is 12.1 Å². The molecule has 0 spiro atoms. The molecule has 3 N–H and O–H groups in total. The van der Waals surface area contributed by atoms with Gasteiger partial charge in [0, 0.05) is 24.2 Å². The average molecular weight is 321 g/mol. The number of nitrogens with one attached hydrogen (secondary N) is 1. The Morgan fingerprint density at radius 1 is 1.21 bits per heavy atom. The second-order valence-corrected chi connectivity index (χ2v) is 6.08. The molecule has 0 bridgehead atoms. The molecule has 0 aliphatic carbocycles. The summed E-state index contributed by atoms with van der Waals surface area (Å²) in [5.41, 5.74) is 10.6. The van der Waals surface area contributed by atoms with Gasteiger partial charge in [-0.2, -0.15) is 0 Å². The van der Waals surface area contributed by atoms with E-state index in [4.69, 9.17) is 10.2 Å². The monoisotopic (exact) mass is 321 g/mol. The third-order valence-electron chi connectivity index (χ3n) is 4.48. The van der Waals surface area contributed by atoms with Crippen LogP contribution in [0, 0.1) is 0 Å². The van der Waals surface area contributed by atoms with Crippen LogP contribution in [0.1, 0.15) is 17.5 Å². The first kappa shape index (κ1) is 14.6. The molecule has 0 radical (unpaired) electrons. The maximum atomic E-state index is 11.6. The zero-order valence-electron chi connectivity index (χ0n) is 13.3. The van der Waals surface area contributed by atoms with Gasteiger partial charge < -0.3 is 15.5 Å². The van der Waals surface area contributed by atoms with Crippen molar-refractivity contribution in [3.63, 3.8) is 0 Å². The van der Waals surface area contributed by atoms with Crippen molar-refractivity contribution in [3.8, 4) is 0 Å². The van der Waals surface area contributed by atoms with Gasteiger partial charge in [-0.3, -0.25) is 4.90 Å². The van der Waals surface area contributed by atoms with E-state index >= 15 is 0 Å². The Balaban J connectivity index is 1.54. The van der Waals surface area contributed by atoms with Gasteiger partial charge in [-0.25, -0.2) is 4.79 Å². The molecule has 2 amide bonds. The van der Waals surface area contributed by atoms with E-state index in [0.717, 1.165) is 35.2 Å². The quantitative estimate of drug-likeness (QED) is 0.769. The molecule has 2 aromatic carbocycles. The Bertz CT molecular complexity index is 901. The highest BCUT2D eigenvalue weighted by atomic mass is 16.3. The van der Waals surface area contributed by atoms with E-state index in [1.807, 2.05) is 24.3 Å². The van der Waals surface area contributed by atoms with Crippen molar-refractivity contribution < 1.29 is 9.21 Å². The number of fused-ring (bicyclic) bond motifs is 2. The molecule has 1 aromatic heterocycles. The number of urea groups is 1. The molecule has 0 saturated heterocycles. The lowest BCUT2D eigenvalue weighted by atomic mass is 10.0. The molecule has 5 nitrogen and oxygen atoms in total. The number of benzene rings is 2. The molecular weight excluding hydrogens is 302 g/mol. The van der Waals surface area contributed by atoms with Crippen molar-refractivity contribution in [2.75, 3.05) is 16.8 Å². The second kappa shape index (κ2) is 5.92. The molecule has 24 heavy (non-hydrogen) atoms. The first-order chi connectivity index (χ1) is 11.7. The van der Waals surface area contributed by atoms with Crippen LogP contribution in [0.15, 0.2) is 53.1 Å². The van der Waals surface area contributed by atoms with Gasteiger partial charge in [0.1, 0.15) is 5.58 Å². The lowest BCUT2D eigenvalue weighted by molar-refractivity contribution is 0.253. The maximum absolute atomic E-state index is 11.6. The summed E-state index contributed by atoms with van der Waals surface area (Å²) in [5, 5.41) is 4.51. The van der Waals surface area contributed by atoms with Gasteiger partial charge in [-0.05, 0) is 54.3 Å². The average Bonchev–Trinajstić information content (AvgIpc) is 3.06. The van der Waals surface area contributed by atoms with Crippen molar-refractivity contribution in [2.24, 2.45) is 5.73 Å². The highest BCUT2D eigenvalue weighted by Crippen LogP contribution is 2.30. The fourth-order valence-corrected chi connectivity index (χ4v) is 3.24. The van der Waals surface area contributed by atoms with Gasteiger partial charge in [0.25, 0.3) is 0 Å². The summed E-state index contributed by atoms with van der Waals surface area (Å²) in [6.45, 7) is 1.39. The summed E-state index contributed by atoms with van der Waals surface area (Å²) in [6.07, 6.45) is 3.63. The normalized spacial score (nSPS) is 13.8. The Kier molecular flexibility index (Phi) is 3.61. The van der Waals surface area contributed by atoms with Crippen LogP contribution in [0.5, 0.6) is 0 Å². The highest BCUT2D eigenvalue weighted by Gasteiger charge is 2.20. The van der Waals surface area contributed by atoms with E-state index in [1.54, 1.807) is 11.2 Å². The fraction of sp³-hybridized carbons (Fsp3) is 0.211. The van der Waals surface area contributed by atoms with Crippen LogP contribution in [0.25, 0.3) is 11.0 Å². The molecule has 4 rings (SSSR count). The van der Waals surface area contributed by atoms with Crippen molar-refractivity contribution in [3.05, 3.63) is 59.9 Å². The Morgan fingerprint density at radius 2 is 2.12 bits per heavy atom. The van der Waals surface area contributed by atoms with Crippen LogP contribution in [0.3, 0.4) is 0 Å². The molecule has 1 aliphatic rings. The number of nitrogens with two attached hydrogens (primary N) is 1. The largest absolute Gasteiger partial charge is 0.464 e. The summed E-state index contributed by atoms with van der Waals surface area (Å²) >= 11 is 0. The molecule has 122 valence electrons. The van der Waals surface area contributed by atoms with Crippen molar-refractivity contribution in [1.29, 1.82) is 0 Å². The number of nitrogens with zero attached hydrogens (tertiary/aromatic N) is 1. The molecule has 0 unspecified atom stereocenters. The summed E-state index contributed by atoms with van der Waals surface area (Å²) in [7, 11) is 0. The topological polar surface area (TPSA) is 71.5 Å². The maximum Gasteiger partial charge on any atom is 0.319 e. The van der Waals surface area contributed by atoms with Crippen LogP contribution in [-0.4, -0.2) is 12.6 Å². The number of furan rings is 1. The predicted molar refractivity (Wildman–Crippen MR) is 95.2 cm³/mol. The SMILES string of the molecule is NC(=O)N1CCCc2ccc(NCc3ccc4occc4c3)cc21. The number of anilines is 2. The lowest BCUT2D eigenvalue weighted by Crippen LogP contribution is -2.39. The van der Waals surface area contributed by atoms with E-state index in [1.165, 1.54) is 11.1 Å². The van der Waals surface area contributed by atoms with Crippen molar-refractivity contribution in [1.82, 2.24) is 0 Å². The van der Waals surface area contributed by atoms with E-state index in [0.29, 0.717) is 13.1 Å². The first-order valence-corrected chi connectivity index (χ1v) is 8.10. The molecule has 5 heteroatoms. The Labute approximate surface area is 140 Å². The highest BCUT2D eigenvalue weighted by molar-refractivity contribution is 5.92. The third kappa shape index (κ3) is 2.69. The summed E-state index contributed by atoms with van der Waals surface area (Å²) in [6, 6.07) is 13.9. The lowest BCUT2D eigenvalue weighted by Gasteiger charge is -2.28. The van der Waals surface area contributed by atoms with Crippen molar-refractivity contribution >= 4 is 28.4 Å². The zero-order chi connectivity index (χ0) is 16.5. The molecule has 2 heterocycles. The first-order valence-electron chi connectivity index (χ1n) is 8.10. The van der Waals surface area contributed by atoms with Gasteiger partial charge in [0.05, 0.1) is 12.0 Å².